The highest BCUT2D eigenvalue weighted by atomic mass is 19.4. The number of furan rings is 1. The van der Waals surface area contributed by atoms with E-state index in [1.165, 1.54) is 14.1 Å². The van der Waals surface area contributed by atoms with Gasteiger partial charge in [0.05, 0.1) is 5.56 Å². The van der Waals surface area contributed by atoms with Gasteiger partial charge in [-0.1, -0.05) is 0 Å². The number of rotatable bonds is 2. The number of fused-ring (bicyclic) bond motifs is 1. The van der Waals surface area contributed by atoms with Crippen LogP contribution >= 0.6 is 0 Å². The highest BCUT2D eigenvalue weighted by Gasteiger charge is 2.34. The maximum absolute atomic E-state index is 13.5. The van der Waals surface area contributed by atoms with Crippen molar-refractivity contribution in [2.45, 2.75) is 6.18 Å². The molecule has 0 amide bonds. The van der Waals surface area contributed by atoms with Gasteiger partial charge in [-0.15, -0.1) is 5.06 Å². The van der Waals surface area contributed by atoms with Crippen LogP contribution in [0.1, 0.15) is 11.3 Å². The average molecular weight is 290 g/mol. The van der Waals surface area contributed by atoms with E-state index in [1.807, 2.05) is 0 Å². The van der Waals surface area contributed by atoms with Crippen molar-refractivity contribution in [2.24, 2.45) is 0 Å². The van der Waals surface area contributed by atoms with Gasteiger partial charge in [0.15, 0.2) is 17.2 Å². The van der Waals surface area contributed by atoms with Crippen LogP contribution in [-0.4, -0.2) is 25.1 Å². The van der Waals surface area contributed by atoms with E-state index in [-0.39, 0.29) is 5.76 Å². The molecule has 0 aliphatic rings. The summed E-state index contributed by atoms with van der Waals surface area (Å²) in [6.45, 7) is 0. The van der Waals surface area contributed by atoms with Crippen LogP contribution in [0.2, 0.25) is 0 Å². The quantitative estimate of drug-likeness (QED) is 0.399. The van der Waals surface area contributed by atoms with Crippen molar-refractivity contribution >= 4 is 16.9 Å². The molecule has 2 aromatic rings. The molecule has 1 aromatic carbocycles. The fraction of sp³-hybridized carbons (Fsp3) is 0.250. The summed E-state index contributed by atoms with van der Waals surface area (Å²) in [4.78, 5) is 4.85. The van der Waals surface area contributed by atoms with Gasteiger partial charge < -0.3 is 9.25 Å². The summed E-state index contributed by atoms with van der Waals surface area (Å²) in [5.74, 6) is -1.74. The Morgan fingerprint density at radius 2 is 1.95 bits per heavy atom. The Labute approximate surface area is 111 Å². The first-order valence-electron chi connectivity index (χ1n) is 5.43. The van der Waals surface area contributed by atoms with Crippen LogP contribution in [0.15, 0.2) is 22.6 Å². The first kappa shape index (κ1) is 14.3. The predicted molar refractivity (Wildman–Crippen MR) is 62.8 cm³/mol. The predicted octanol–water partition coefficient (Wildman–Crippen LogP) is 3.41. The lowest BCUT2D eigenvalue weighted by Gasteiger charge is -2.09. The first-order valence-corrected chi connectivity index (χ1v) is 5.43. The Kier molecular flexibility index (Phi) is 3.43. The van der Waals surface area contributed by atoms with Crippen LogP contribution in [-0.2, 0) is 11.0 Å². The summed E-state index contributed by atoms with van der Waals surface area (Å²) >= 11 is 0. The number of hydrogen-bond donors (Lipinski definition) is 1. The number of nitrogens with one attached hydrogen (secondary N) is 1. The van der Waals surface area contributed by atoms with Gasteiger partial charge in [0.25, 0.3) is 5.90 Å². The van der Waals surface area contributed by atoms with Gasteiger partial charge in [0, 0.05) is 19.5 Å². The van der Waals surface area contributed by atoms with Gasteiger partial charge in [-0.05, 0) is 18.2 Å². The monoisotopic (exact) mass is 290 g/mol. The van der Waals surface area contributed by atoms with Gasteiger partial charge >= 0.3 is 6.18 Å². The molecule has 4 nitrogen and oxygen atoms in total. The smallest absolute Gasteiger partial charge is 0.417 e. The Morgan fingerprint density at radius 1 is 1.30 bits per heavy atom. The van der Waals surface area contributed by atoms with Crippen LogP contribution < -0.4 is 0 Å². The molecule has 1 heterocycles. The van der Waals surface area contributed by atoms with Crippen molar-refractivity contribution in [2.75, 3.05) is 14.1 Å². The van der Waals surface area contributed by atoms with Crippen molar-refractivity contribution in [1.29, 1.82) is 5.41 Å². The molecule has 8 heteroatoms. The lowest BCUT2D eigenvalue weighted by Crippen LogP contribution is -2.18. The Morgan fingerprint density at radius 3 is 2.50 bits per heavy atom. The second kappa shape index (κ2) is 4.78. The molecule has 0 bridgehead atoms. The molecule has 1 aromatic heterocycles. The second-order valence-electron chi connectivity index (χ2n) is 4.18. The fourth-order valence-corrected chi connectivity index (χ4v) is 1.68. The summed E-state index contributed by atoms with van der Waals surface area (Å²) in [5.41, 5.74) is -1.58. The van der Waals surface area contributed by atoms with E-state index < -0.39 is 34.4 Å². The van der Waals surface area contributed by atoms with E-state index in [4.69, 9.17) is 14.7 Å². The zero-order valence-electron chi connectivity index (χ0n) is 10.5. The van der Waals surface area contributed by atoms with Crippen molar-refractivity contribution in [1.82, 2.24) is 5.06 Å². The number of hydrogen-bond acceptors (Lipinski definition) is 4. The van der Waals surface area contributed by atoms with E-state index in [0.717, 1.165) is 11.1 Å². The van der Waals surface area contributed by atoms with Crippen molar-refractivity contribution in [3.05, 3.63) is 35.3 Å². The molecule has 2 rings (SSSR count). The second-order valence-corrected chi connectivity index (χ2v) is 4.18. The minimum absolute atomic E-state index is 0.288. The van der Waals surface area contributed by atoms with Gasteiger partial charge in [-0.2, -0.15) is 13.2 Å². The first-order chi connectivity index (χ1) is 9.20. The van der Waals surface area contributed by atoms with Crippen LogP contribution in [0.25, 0.3) is 11.0 Å². The molecule has 0 aliphatic heterocycles. The van der Waals surface area contributed by atoms with Crippen LogP contribution in [0, 0.1) is 11.2 Å². The van der Waals surface area contributed by atoms with Gasteiger partial charge in [-0.25, -0.2) is 4.39 Å². The lowest BCUT2D eigenvalue weighted by molar-refractivity contribution is -0.136. The molecular weight excluding hydrogens is 280 g/mol. The number of halogens is 4. The number of nitrogens with zero attached hydrogens (tertiary/aromatic N) is 1. The van der Waals surface area contributed by atoms with Crippen LogP contribution in [0.4, 0.5) is 17.6 Å². The molecule has 0 spiro atoms. The summed E-state index contributed by atoms with van der Waals surface area (Å²) in [6.07, 6.45) is -4.64. The Hall–Kier alpha value is -2.09. The highest BCUT2D eigenvalue weighted by molar-refractivity contribution is 5.95. The molecule has 0 radical (unpaired) electrons. The highest BCUT2D eigenvalue weighted by Crippen LogP contribution is 2.37. The Balaban J connectivity index is 2.58. The van der Waals surface area contributed by atoms with E-state index in [2.05, 4.69) is 0 Å². The third-order valence-corrected chi connectivity index (χ3v) is 2.44. The molecule has 20 heavy (non-hydrogen) atoms. The maximum Gasteiger partial charge on any atom is 0.417 e. The topological polar surface area (TPSA) is 49.5 Å². The van der Waals surface area contributed by atoms with Crippen molar-refractivity contribution in [3.8, 4) is 0 Å². The molecule has 0 unspecified atom stereocenters. The van der Waals surface area contributed by atoms with Gasteiger partial charge in [0.1, 0.15) is 0 Å². The molecule has 0 atom stereocenters. The van der Waals surface area contributed by atoms with Gasteiger partial charge in [0.2, 0.25) is 0 Å². The fourth-order valence-electron chi connectivity index (χ4n) is 1.68. The zero-order chi connectivity index (χ0) is 15.1. The van der Waals surface area contributed by atoms with Crippen molar-refractivity contribution in [3.63, 3.8) is 0 Å². The summed E-state index contributed by atoms with van der Waals surface area (Å²) < 4.78 is 56.9. The lowest BCUT2D eigenvalue weighted by atomic mass is 10.1. The summed E-state index contributed by atoms with van der Waals surface area (Å²) in [5, 5.41) is 8.25. The summed E-state index contributed by atoms with van der Waals surface area (Å²) in [6, 6.07) is 2.25. The average Bonchev–Trinajstić information content (AvgIpc) is 2.72. The minimum atomic E-state index is -4.64. The molecule has 0 saturated carbocycles. The van der Waals surface area contributed by atoms with Crippen LogP contribution in [0.3, 0.4) is 0 Å². The molecule has 0 aliphatic carbocycles. The molecule has 108 valence electrons. The minimum Gasteiger partial charge on any atom is -0.448 e. The summed E-state index contributed by atoms with van der Waals surface area (Å²) in [7, 11) is 2.97. The van der Waals surface area contributed by atoms with Crippen molar-refractivity contribution < 1.29 is 26.8 Å². The Bertz CT molecular complexity index is 661. The van der Waals surface area contributed by atoms with E-state index in [0.29, 0.717) is 12.1 Å². The largest absolute Gasteiger partial charge is 0.448 e. The normalized spacial score (nSPS) is 12.2. The molecule has 1 N–H and O–H groups in total. The van der Waals surface area contributed by atoms with Crippen LogP contribution in [0.5, 0.6) is 0 Å². The number of benzene rings is 1. The third-order valence-electron chi connectivity index (χ3n) is 2.44. The maximum atomic E-state index is 13.5. The standard InChI is InChI=1S/C12H10F4N2O2/c1-18(2)20-11(17)9-5-6-7(12(14,15)16)3-4-8(13)10(6)19-9/h3-5,17H,1-2H3. The van der Waals surface area contributed by atoms with Gasteiger partial charge in [-0.3, -0.25) is 5.41 Å². The molecule has 0 fully saturated rings. The molecule has 0 saturated heterocycles. The third kappa shape index (κ3) is 2.60. The van der Waals surface area contributed by atoms with E-state index in [1.54, 1.807) is 0 Å². The zero-order valence-corrected chi connectivity index (χ0v) is 10.5. The number of alkyl halides is 3. The molecular formula is C12H10F4N2O2. The van der Waals surface area contributed by atoms with E-state index in [9.17, 15) is 17.6 Å². The van der Waals surface area contributed by atoms with E-state index >= 15 is 0 Å². The number of hydroxylamine groups is 2. The SMILES string of the molecule is CN(C)OC(=N)c1cc2c(C(F)(F)F)ccc(F)c2o1.